The van der Waals surface area contributed by atoms with Gasteiger partial charge in [0.2, 0.25) is 0 Å². The van der Waals surface area contributed by atoms with Gasteiger partial charge in [0, 0.05) is 30.9 Å². The van der Waals surface area contributed by atoms with E-state index in [4.69, 9.17) is 5.11 Å². The summed E-state index contributed by atoms with van der Waals surface area (Å²) in [5, 5.41) is 11.7. The van der Waals surface area contributed by atoms with Crippen LogP contribution in [-0.4, -0.2) is 40.7 Å². The predicted molar refractivity (Wildman–Crippen MR) is 85.2 cm³/mol. The lowest BCUT2D eigenvalue weighted by molar-refractivity contribution is 0.0946. The standard InChI is InChI=1S/C16H20N2O2S/c19-6-2-1-3-14-9-15(12-17-10-14)16(20)18-11-13-4-7-21-8-5-13/h9-10,12-13,19H,2,4-8,11H2,(H,18,20). The van der Waals surface area contributed by atoms with E-state index in [1.165, 1.54) is 24.3 Å². The Morgan fingerprint density at radius 1 is 1.43 bits per heavy atom. The number of carbonyl (C=O) groups is 1. The smallest absolute Gasteiger partial charge is 0.252 e. The molecule has 0 saturated carbocycles. The fraction of sp³-hybridized carbons (Fsp3) is 0.500. The molecule has 1 aliphatic rings. The molecule has 1 saturated heterocycles. The molecule has 1 amide bonds. The summed E-state index contributed by atoms with van der Waals surface area (Å²) in [4.78, 5) is 16.2. The number of hydrogen-bond acceptors (Lipinski definition) is 4. The van der Waals surface area contributed by atoms with Crippen LogP contribution in [0, 0.1) is 17.8 Å². The van der Waals surface area contributed by atoms with Crippen molar-refractivity contribution in [2.45, 2.75) is 19.3 Å². The van der Waals surface area contributed by atoms with Gasteiger partial charge in [0.25, 0.3) is 5.91 Å². The molecule has 112 valence electrons. The fourth-order valence-corrected chi connectivity index (χ4v) is 3.35. The van der Waals surface area contributed by atoms with Crippen molar-refractivity contribution in [3.05, 3.63) is 29.6 Å². The topological polar surface area (TPSA) is 62.2 Å². The first-order valence-corrected chi connectivity index (χ1v) is 8.36. The van der Waals surface area contributed by atoms with E-state index in [0.717, 1.165) is 6.54 Å². The van der Waals surface area contributed by atoms with Crippen LogP contribution in [0.5, 0.6) is 0 Å². The number of nitrogens with zero attached hydrogens (tertiary/aromatic N) is 1. The maximum Gasteiger partial charge on any atom is 0.252 e. The maximum atomic E-state index is 12.1. The summed E-state index contributed by atoms with van der Waals surface area (Å²) >= 11 is 1.98. The van der Waals surface area contributed by atoms with Crippen molar-refractivity contribution < 1.29 is 9.90 Å². The van der Waals surface area contributed by atoms with E-state index in [1.54, 1.807) is 18.5 Å². The minimum atomic E-state index is -0.0912. The molecule has 0 spiro atoms. The summed E-state index contributed by atoms with van der Waals surface area (Å²) in [6.07, 6.45) is 5.96. The molecule has 0 unspecified atom stereocenters. The molecular weight excluding hydrogens is 284 g/mol. The van der Waals surface area contributed by atoms with Gasteiger partial charge in [0.15, 0.2) is 0 Å². The molecule has 2 heterocycles. The lowest BCUT2D eigenvalue weighted by Crippen LogP contribution is -2.31. The molecular formula is C16H20N2O2S. The zero-order valence-corrected chi connectivity index (χ0v) is 12.8. The maximum absolute atomic E-state index is 12.1. The van der Waals surface area contributed by atoms with E-state index in [0.29, 0.717) is 23.5 Å². The number of aromatic nitrogens is 1. The number of rotatable bonds is 4. The zero-order valence-electron chi connectivity index (χ0n) is 12.0. The van der Waals surface area contributed by atoms with E-state index in [1.807, 2.05) is 11.8 Å². The van der Waals surface area contributed by atoms with Crippen LogP contribution in [0.3, 0.4) is 0 Å². The lowest BCUT2D eigenvalue weighted by atomic mass is 10.0. The van der Waals surface area contributed by atoms with E-state index in [-0.39, 0.29) is 12.5 Å². The molecule has 0 aliphatic carbocycles. The molecule has 2 rings (SSSR count). The van der Waals surface area contributed by atoms with Gasteiger partial charge >= 0.3 is 0 Å². The first kappa shape index (κ1) is 15.9. The van der Waals surface area contributed by atoms with E-state index >= 15 is 0 Å². The molecule has 21 heavy (non-hydrogen) atoms. The Morgan fingerprint density at radius 3 is 3.00 bits per heavy atom. The second kappa shape index (κ2) is 8.71. The van der Waals surface area contributed by atoms with Crippen LogP contribution in [0.25, 0.3) is 0 Å². The first-order chi connectivity index (χ1) is 10.3. The molecule has 2 N–H and O–H groups in total. The highest BCUT2D eigenvalue weighted by Crippen LogP contribution is 2.21. The highest BCUT2D eigenvalue weighted by molar-refractivity contribution is 7.99. The third-order valence-corrected chi connectivity index (χ3v) is 4.41. The minimum absolute atomic E-state index is 0.0419. The summed E-state index contributed by atoms with van der Waals surface area (Å²) in [6, 6.07) is 1.74. The normalized spacial score (nSPS) is 15.1. The summed E-state index contributed by atoms with van der Waals surface area (Å²) in [7, 11) is 0. The average molecular weight is 304 g/mol. The van der Waals surface area contributed by atoms with E-state index in [2.05, 4.69) is 22.1 Å². The number of thioether (sulfide) groups is 1. The molecule has 5 heteroatoms. The van der Waals surface area contributed by atoms with Crippen LogP contribution < -0.4 is 5.32 Å². The monoisotopic (exact) mass is 304 g/mol. The van der Waals surface area contributed by atoms with Crippen LogP contribution >= 0.6 is 11.8 Å². The number of nitrogens with one attached hydrogen (secondary N) is 1. The molecule has 1 fully saturated rings. The third kappa shape index (κ3) is 5.41. The lowest BCUT2D eigenvalue weighted by Gasteiger charge is -2.21. The highest BCUT2D eigenvalue weighted by atomic mass is 32.2. The van der Waals surface area contributed by atoms with Gasteiger partial charge < -0.3 is 10.4 Å². The number of carbonyl (C=O) groups excluding carboxylic acids is 1. The fourth-order valence-electron chi connectivity index (χ4n) is 2.14. The van der Waals surface area contributed by atoms with Gasteiger partial charge in [0.05, 0.1) is 12.2 Å². The van der Waals surface area contributed by atoms with Crippen LogP contribution in [0.2, 0.25) is 0 Å². The molecule has 0 aromatic carbocycles. The minimum Gasteiger partial charge on any atom is -0.395 e. The summed E-state index contributed by atoms with van der Waals surface area (Å²) in [5.74, 6) is 8.61. The second-order valence-electron chi connectivity index (χ2n) is 5.00. The molecule has 4 nitrogen and oxygen atoms in total. The Balaban J connectivity index is 1.89. The first-order valence-electron chi connectivity index (χ1n) is 7.20. The molecule has 1 aliphatic heterocycles. The van der Waals surface area contributed by atoms with Gasteiger partial charge in [0.1, 0.15) is 0 Å². The summed E-state index contributed by atoms with van der Waals surface area (Å²) < 4.78 is 0. The molecule has 0 radical (unpaired) electrons. The van der Waals surface area contributed by atoms with Crippen molar-refractivity contribution >= 4 is 17.7 Å². The molecule has 0 bridgehead atoms. The van der Waals surface area contributed by atoms with Crippen molar-refractivity contribution in [3.8, 4) is 11.8 Å². The largest absolute Gasteiger partial charge is 0.395 e. The Labute approximate surface area is 129 Å². The Morgan fingerprint density at radius 2 is 2.24 bits per heavy atom. The SMILES string of the molecule is O=C(NCC1CCSCC1)c1cncc(C#CCCO)c1. The van der Waals surface area contributed by atoms with Crippen LogP contribution in [-0.2, 0) is 0 Å². The van der Waals surface area contributed by atoms with Crippen LogP contribution in [0.1, 0.15) is 35.2 Å². The molecule has 1 aromatic rings. The van der Waals surface area contributed by atoms with Gasteiger partial charge in [-0.15, -0.1) is 0 Å². The number of aliphatic hydroxyl groups is 1. The van der Waals surface area contributed by atoms with E-state index in [9.17, 15) is 4.79 Å². The van der Waals surface area contributed by atoms with Crippen molar-refractivity contribution in [2.24, 2.45) is 5.92 Å². The van der Waals surface area contributed by atoms with Crippen molar-refractivity contribution in [3.63, 3.8) is 0 Å². The van der Waals surface area contributed by atoms with Gasteiger partial charge in [-0.05, 0) is 36.3 Å². The summed E-state index contributed by atoms with van der Waals surface area (Å²) in [5.41, 5.74) is 1.24. The van der Waals surface area contributed by atoms with Crippen molar-refractivity contribution in [2.75, 3.05) is 24.7 Å². The quantitative estimate of drug-likeness (QED) is 0.831. The summed E-state index contributed by atoms with van der Waals surface area (Å²) in [6.45, 7) is 0.778. The number of aliphatic hydroxyl groups excluding tert-OH is 1. The van der Waals surface area contributed by atoms with Gasteiger partial charge in [-0.25, -0.2) is 0 Å². The zero-order chi connectivity index (χ0) is 14.9. The Kier molecular flexibility index (Phi) is 6.58. The van der Waals surface area contributed by atoms with Gasteiger partial charge in [-0.3, -0.25) is 9.78 Å². The number of amides is 1. The van der Waals surface area contributed by atoms with Crippen LogP contribution in [0.15, 0.2) is 18.5 Å². The Hall–Kier alpha value is -1.51. The van der Waals surface area contributed by atoms with E-state index < -0.39 is 0 Å². The molecule has 0 atom stereocenters. The third-order valence-electron chi connectivity index (χ3n) is 3.36. The average Bonchev–Trinajstić information content (AvgIpc) is 2.54. The van der Waals surface area contributed by atoms with Gasteiger partial charge in [-0.1, -0.05) is 11.8 Å². The van der Waals surface area contributed by atoms with Crippen molar-refractivity contribution in [1.82, 2.24) is 10.3 Å². The van der Waals surface area contributed by atoms with Gasteiger partial charge in [-0.2, -0.15) is 11.8 Å². The second-order valence-corrected chi connectivity index (χ2v) is 6.23. The number of pyridine rings is 1. The highest BCUT2D eigenvalue weighted by Gasteiger charge is 2.15. The Bertz CT molecular complexity index is 531. The van der Waals surface area contributed by atoms with Crippen LogP contribution in [0.4, 0.5) is 0 Å². The van der Waals surface area contributed by atoms with Crippen molar-refractivity contribution in [1.29, 1.82) is 0 Å². The predicted octanol–water partition coefficient (Wildman–Crippen LogP) is 1.69. The molecule has 1 aromatic heterocycles. The number of hydrogen-bond donors (Lipinski definition) is 2.